The van der Waals surface area contributed by atoms with E-state index in [1.165, 1.54) is 6.07 Å². The van der Waals surface area contributed by atoms with E-state index in [9.17, 15) is 14.0 Å². The fraction of sp³-hybridized carbons (Fsp3) is 0.385. The number of ether oxygens (including phenoxy) is 1. The van der Waals surface area contributed by atoms with Gasteiger partial charge in [0.15, 0.2) is 0 Å². The highest BCUT2D eigenvalue weighted by molar-refractivity contribution is 9.10. The summed E-state index contributed by atoms with van der Waals surface area (Å²) in [4.78, 5) is 23.4. The van der Waals surface area contributed by atoms with E-state index in [1.807, 2.05) is 0 Å². The summed E-state index contributed by atoms with van der Waals surface area (Å²) >= 11 is 3.07. The van der Waals surface area contributed by atoms with Gasteiger partial charge in [0.05, 0.1) is 11.1 Å². The third-order valence-corrected chi connectivity index (χ3v) is 3.80. The maximum atomic E-state index is 13.5. The van der Waals surface area contributed by atoms with Gasteiger partial charge in [-0.05, 0) is 47.5 Å². The molecule has 108 valence electrons. The van der Waals surface area contributed by atoms with Crippen molar-refractivity contribution in [2.75, 3.05) is 11.9 Å². The van der Waals surface area contributed by atoms with E-state index in [-0.39, 0.29) is 6.61 Å². The van der Waals surface area contributed by atoms with E-state index in [0.717, 1.165) is 0 Å². The van der Waals surface area contributed by atoms with Crippen LogP contribution in [0.1, 0.15) is 18.9 Å². The summed E-state index contributed by atoms with van der Waals surface area (Å²) in [6, 6.07) is 2.21. The highest BCUT2D eigenvalue weighted by atomic mass is 79.9. The predicted octanol–water partition coefficient (Wildman–Crippen LogP) is 2.72. The number of amides is 2. The van der Waals surface area contributed by atoms with E-state index in [2.05, 4.69) is 26.6 Å². The van der Waals surface area contributed by atoms with Crippen LogP contribution in [0.3, 0.4) is 0 Å². The minimum atomic E-state index is -1.04. The Morgan fingerprint density at radius 3 is 2.80 bits per heavy atom. The molecule has 0 aliphatic carbocycles. The van der Waals surface area contributed by atoms with Gasteiger partial charge in [-0.3, -0.25) is 0 Å². The molecule has 1 aliphatic rings. The lowest BCUT2D eigenvalue weighted by molar-refractivity contribution is -0.142. The number of aryl methyl sites for hydroxylation is 1. The van der Waals surface area contributed by atoms with Crippen molar-refractivity contribution in [3.8, 4) is 0 Å². The Morgan fingerprint density at radius 2 is 2.20 bits per heavy atom. The summed E-state index contributed by atoms with van der Waals surface area (Å²) < 4.78 is 18.6. The van der Waals surface area contributed by atoms with Gasteiger partial charge in [-0.25, -0.2) is 14.0 Å². The van der Waals surface area contributed by atoms with E-state index >= 15 is 0 Å². The average molecular weight is 345 g/mol. The minimum absolute atomic E-state index is 0.279. The molecule has 2 rings (SSSR count). The van der Waals surface area contributed by atoms with Crippen LogP contribution >= 0.6 is 15.9 Å². The fourth-order valence-corrected chi connectivity index (χ4v) is 2.37. The maximum Gasteiger partial charge on any atom is 0.331 e. The number of urea groups is 1. The minimum Gasteiger partial charge on any atom is -0.464 e. The lowest BCUT2D eigenvalue weighted by atomic mass is 10.0. The van der Waals surface area contributed by atoms with Crippen LogP contribution in [0.4, 0.5) is 14.9 Å². The zero-order valence-electron chi connectivity index (χ0n) is 11.0. The van der Waals surface area contributed by atoms with Crippen LogP contribution in [0.25, 0.3) is 0 Å². The molecule has 0 spiro atoms. The monoisotopic (exact) mass is 344 g/mol. The smallest absolute Gasteiger partial charge is 0.331 e. The summed E-state index contributed by atoms with van der Waals surface area (Å²) in [5, 5.41) is 5.09. The molecule has 1 heterocycles. The quantitative estimate of drug-likeness (QED) is 0.810. The fourth-order valence-electron chi connectivity index (χ4n) is 1.91. The van der Waals surface area contributed by atoms with Gasteiger partial charge in [-0.2, -0.15) is 0 Å². The molecule has 1 saturated heterocycles. The number of cyclic esters (lactones) is 1. The summed E-state index contributed by atoms with van der Waals surface area (Å²) in [5.74, 6) is -0.941. The van der Waals surface area contributed by atoms with Gasteiger partial charge < -0.3 is 15.4 Å². The third kappa shape index (κ3) is 2.92. The van der Waals surface area contributed by atoms with Gasteiger partial charge in [0.25, 0.3) is 0 Å². The van der Waals surface area contributed by atoms with Gasteiger partial charge >= 0.3 is 12.0 Å². The molecule has 1 fully saturated rings. The topological polar surface area (TPSA) is 67.4 Å². The second-order valence-electron chi connectivity index (χ2n) is 4.88. The first-order valence-corrected chi connectivity index (χ1v) is 6.83. The number of rotatable bonds is 2. The number of benzene rings is 1. The molecule has 2 amide bonds. The van der Waals surface area contributed by atoms with Gasteiger partial charge in [-0.15, -0.1) is 0 Å². The maximum absolute atomic E-state index is 13.5. The number of nitrogens with one attached hydrogen (secondary N) is 2. The Morgan fingerprint density at radius 1 is 1.50 bits per heavy atom. The summed E-state index contributed by atoms with van der Waals surface area (Å²) in [6.45, 7) is 3.61. The van der Waals surface area contributed by atoms with Crippen LogP contribution in [-0.4, -0.2) is 24.1 Å². The Balaban J connectivity index is 2.09. The molecule has 1 unspecified atom stereocenters. The molecule has 1 aromatic carbocycles. The Hall–Kier alpha value is -1.63. The molecule has 1 atom stereocenters. The predicted molar refractivity (Wildman–Crippen MR) is 75.0 cm³/mol. The highest BCUT2D eigenvalue weighted by Crippen LogP contribution is 2.24. The van der Waals surface area contributed by atoms with E-state index < -0.39 is 23.4 Å². The molecule has 2 N–H and O–H groups in total. The SMILES string of the molecule is Cc1cc(Br)c(F)cc1NC(=O)NC1(C)CCOC1=O. The van der Waals surface area contributed by atoms with Crippen LogP contribution < -0.4 is 10.6 Å². The van der Waals surface area contributed by atoms with Crippen molar-refractivity contribution in [1.29, 1.82) is 0 Å². The van der Waals surface area contributed by atoms with Crippen molar-refractivity contribution < 1.29 is 18.7 Å². The van der Waals surface area contributed by atoms with Gasteiger partial charge in [0.2, 0.25) is 0 Å². The molecule has 0 saturated carbocycles. The van der Waals surface area contributed by atoms with Crippen molar-refractivity contribution >= 4 is 33.6 Å². The first kappa shape index (κ1) is 14.8. The number of anilines is 1. The second kappa shape index (κ2) is 5.40. The lowest BCUT2D eigenvalue weighted by Gasteiger charge is -2.21. The molecule has 20 heavy (non-hydrogen) atoms. The van der Waals surface area contributed by atoms with Crippen molar-refractivity contribution in [3.63, 3.8) is 0 Å². The normalized spacial score (nSPS) is 21.5. The van der Waals surface area contributed by atoms with Crippen molar-refractivity contribution in [3.05, 3.63) is 28.0 Å². The Labute approximate surface area is 124 Å². The van der Waals surface area contributed by atoms with Crippen LogP contribution in [-0.2, 0) is 9.53 Å². The van der Waals surface area contributed by atoms with Crippen molar-refractivity contribution in [1.82, 2.24) is 5.32 Å². The number of carbonyl (C=O) groups excluding carboxylic acids is 2. The number of esters is 1. The van der Waals surface area contributed by atoms with E-state index in [0.29, 0.717) is 22.1 Å². The van der Waals surface area contributed by atoms with Gasteiger partial charge in [0, 0.05) is 12.1 Å². The van der Waals surface area contributed by atoms with Crippen molar-refractivity contribution in [2.45, 2.75) is 25.8 Å². The van der Waals surface area contributed by atoms with Crippen LogP contribution in [0.5, 0.6) is 0 Å². The first-order valence-electron chi connectivity index (χ1n) is 6.04. The van der Waals surface area contributed by atoms with Crippen LogP contribution in [0.2, 0.25) is 0 Å². The zero-order chi connectivity index (χ0) is 14.9. The average Bonchev–Trinajstić information content (AvgIpc) is 2.66. The number of hydrogen-bond acceptors (Lipinski definition) is 3. The molecule has 1 aliphatic heterocycles. The number of halogens is 2. The van der Waals surface area contributed by atoms with E-state index in [4.69, 9.17) is 4.74 Å². The third-order valence-electron chi connectivity index (χ3n) is 3.19. The molecule has 0 bridgehead atoms. The molecular formula is C13H14BrFN2O3. The largest absolute Gasteiger partial charge is 0.464 e. The summed E-state index contributed by atoms with van der Waals surface area (Å²) in [6.07, 6.45) is 0.410. The zero-order valence-corrected chi connectivity index (χ0v) is 12.6. The molecule has 0 aromatic heterocycles. The molecule has 7 heteroatoms. The number of carbonyl (C=O) groups is 2. The van der Waals surface area contributed by atoms with Gasteiger partial charge in [-0.1, -0.05) is 0 Å². The van der Waals surface area contributed by atoms with Gasteiger partial charge in [0.1, 0.15) is 11.4 Å². The highest BCUT2D eigenvalue weighted by Gasteiger charge is 2.41. The summed E-state index contributed by atoms with van der Waals surface area (Å²) in [5.41, 5.74) is 0.0112. The summed E-state index contributed by atoms with van der Waals surface area (Å²) in [7, 11) is 0. The lowest BCUT2D eigenvalue weighted by Crippen LogP contribution is -2.51. The molecular weight excluding hydrogens is 331 g/mol. The Bertz CT molecular complexity index is 579. The van der Waals surface area contributed by atoms with Crippen LogP contribution in [0, 0.1) is 12.7 Å². The number of hydrogen-bond donors (Lipinski definition) is 2. The van der Waals surface area contributed by atoms with Crippen molar-refractivity contribution in [2.24, 2.45) is 0 Å². The Kier molecular flexibility index (Phi) is 3.99. The molecule has 0 radical (unpaired) electrons. The second-order valence-corrected chi connectivity index (χ2v) is 5.73. The molecule has 5 nitrogen and oxygen atoms in total. The standard InChI is InChI=1S/C13H14BrFN2O3/c1-7-5-8(14)9(15)6-10(7)16-12(19)17-13(2)3-4-20-11(13)18/h5-6H,3-4H2,1-2H3,(H2,16,17,19). The first-order chi connectivity index (χ1) is 9.32. The molecule has 1 aromatic rings. The van der Waals surface area contributed by atoms with E-state index in [1.54, 1.807) is 19.9 Å². The van der Waals surface area contributed by atoms with Crippen LogP contribution in [0.15, 0.2) is 16.6 Å².